The monoisotopic (exact) mass is 321 g/mol. The quantitative estimate of drug-likeness (QED) is 0.781. The van der Waals surface area contributed by atoms with Gasteiger partial charge in [-0.15, -0.1) is 0 Å². The molecule has 1 amide bonds. The third-order valence-corrected chi connectivity index (χ3v) is 4.88. The smallest absolute Gasteiger partial charge is 0.255 e. The lowest BCUT2D eigenvalue weighted by Crippen LogP contribution is -2.49. The van der Waals surface area contributed by atoms with E-state index in [-0.39, 0.29) is 5.91 Å². The second-order valence-electron chi connectivity index (χ2n) is 6.69. The van der Waals surface area contributed by atoms with Crippen molar-refractivity contribution in [2.45, 2.75) is 20.8 Å². The SMILES string of the molecule is Bc1ccc(C(=O)N2CCN(c3cc(C)c(C)cc3C)CC2)cn1. The minimum Gasteiger partial charge on any atom is -0.368 e. The predicted molar refractivity (Wildman–Crippen MR) is 101 cm³/mol. The van der Waals surface area contributed by atoms with Crippen LogP contribution in [0.5, 0.6) is 0 Å². The van der Waals surface area contributed by atoms with E-state index >= 15 is 0 Å². The first-order valence-corrected chi connectivity index (χ1v) is 8.50. The van der Waals surface area contributed by atoms with E-state index in [9.17, 15) is 4.79 Å². The van der Waals surface area contributed by atoms with Crippen molar-refractivity contribution >= 4 is 25.0 Å². The highest BCUT2D eigenvalue weighted by atomic mass is 16.2. The summed E-state index contributed by atoms with van der Waals surface area (Å²) in [5.74, 6) is 0.0824. The van der Waals surface area contributed by atoms with Crippen molar-refractivity contribution < 1.29 is 4.79 Å². The van der Waals surface area contributed by atoms with Crippen LogP contribution in [0.4, 0.5) is 5.69 Å². The molecule has 2 heterocycles. The van der Waals surface area contributed by atoms with Gasteiger partial charge in [0.15, 0.2) is 7.85 Å². The average molecular weight is 321 g/mol. The van der Waals surface area contributed by atoms with Crippen LogP contribution in [-0.4, -0.2) is 49.8 Å². The number of nitrogens with zero attached hydrogens (tertiary/aromatic N) is 3. The number of benzene rings is 1. The van der Waals surface area contributed by atoms with E-state index in [1.807, 2.05) is 24.9 Å². The van der Waals surface area contributed by atoms with Gasteiger partial charge in [-0.25, -0.2) is 0 Å². The van der Waals surface area contributed by atoms with Gasteiger partial charge in [0.1, 0.15) is 0 Å². The highest BCUT2D eigenvalue weighted by molar-refractivity contribution is 6.30. The molecular weight excluding hydrogens is 297 g/mol. The number of aromatic nitrogens is 1. The fraction of sp³-hybridized carbons (Fsp3) is 0.368. The molecule has 1 fully saturated rings. The molecule has 0 saturated carbocycles. The number of rotatable bonds is 2. The molecule has 24 heavy (non-hydrogen) atoms. The van der Waals surface area contributed by atoms with Crippen molar-refractivity contribution in [1.82, 2.24) is 9.88 Å². The minimum atomic E-state index is 0.0824. The number of carbonyl (C=O) groups excluding carboxylic acids is 1. The maximum atomic E-state index is 12.6. The van der Waals surface area contributed by atoms with Crippen LogP contribution in [-0.2, 0) is 0 Å². The van der Waals surface area contributed by atoms with Crippen LogP contribution < -0.4 is 10.5 Å². The maximum absolute atomic E-state index is 12.6. The van der Waals surface area contributed by atoms with Crippen LogP contribution in [0.15, 0.2) is 30.5 Å². The van der Waals surface area contributed by atoms with Crippen LogP contribution in [0, 0.1) is 20.8 Å². The van der Waals surface area contributed by atoms with Gasteiger partial charge in [0.25, 0.3) is 5.91 Å². The summed E-state index contributed by atoms with van der Waals surface area (Å²) in [6.07, 6.45) is 1.68. The normalized spacial score (nSPS) is 14.8. The topological polar surface area (TPSA) is 36.4 Å². The van der Waals surface area contributed by atoms with Crippen LogP contribution >= 0.6 is 0 Å². The molecule has 0 bridgehead atoms. The highest BCUT2D eigenvalue weighted by Gasteiger charge is 2.23. The molecule has 0 unspecified atom stereocenters. The second kappa shape index (κ2) is 6.67. The fourth-order valence-electron chi connectivity index (χ4n) is 3.21. The summed E-state index contributed by atoms with van der Waals surface area (Å²) < 4.78 is 0. The van der Waals surface area contributed by atoms with E-state index < -0.39 is 0 Å². The Labute approximate surface area is 144 Å². The standard InChI is InChI=1S/C19H24BN3O/c1-13-10-15(3)17(11-14(13)2)22-6-8-23(9-7-22)19(24)16-4-5-18(20)21-12-16/h4-5,10-12H,6-9,20H2,1-3H3. The molecule has 1 aliphatic rings. The zero-order valence-electron chi connectivity index (χ0n) is 15.0. The summed E-state index contributed by atoms with van der Waals surface area (Å²) in [5.41, 5.74) is 6.86. The highest BCUT2D eigenvalue weighted by Crippen LogP contribution is 2.25. The van der Waals surface area contributed by atoms with E-state index in [1.54, 1.807) is 6.20 Å². The Morgan fingerprint density at radius 3 is 2.29 bits per heavy atom. The fourth-order valence-corrected chi connectivity index (χ4v) is 3.21. The molecule has 1 aromatic heterocycles. The lowest BCUT2D eigenvalue weighted by atomic mass is 10.0. The summed E-state index contributed by atoms with van der Waals surface area (Å²) in [5, 5.41) is 0. The van der Waals surface area contributed by atoms with Gasteiger partial charge in [-0.1, -0.05) is 12.1 Å². The van der Waals surface area contributed by atoms with Crippen LogP contribution in [0.25, 0.3) is 0 Å². The van der Waals surface area contributed by atoms with Crippen molar-refractivity contribution in [3.63, 3.8) is 0 Å². The van der Waals surface area contributed by atoms with Crippen LogP contribution in [0.2, 0.25) is 0 Å². The Hall–Kier alpha value is -2.30. The van der Waals surface area contributed by atoms with E-state index in [0.717, 1.165) is 31.8 Å². The van der Waals surface area contributed by atoms with E-state index in [0.29, 0.717) is 5.56 Å². The van der Waals surface area contributed by atoms with E-state index in [1.165, 1.54) is 22.4 Å². The number of anilines is 1. The van der Waals surface area contributed by atoms with Crippen LogP contribution in [0.1, 0.15) is 27.0 Å². The van der Waals surface area contributed by atoms with Gasteiger partial charge < -0.3 is 9.80 Å². The minimum absolute atomic E-state index is 0.0824. The van der Waals surface area contributed by atoms with Crippen molar-refractivity contribution in [3.05, 3.63) is 52.7 Å². The largest absolute Gasteiger partial charge is 0.368 e. The third-order valence-electron chi connectivity index (χ3n) is 4.88. The Morgan fingerprint density at radius 2 is 1.67 bits per heavy atom. The molecule has 0 radical (unpaired) electrons. The Morgan fingerprint density at radius 1 is 1.00 bits per heavy atom. The molecule has 3 rings (SSSR count). The Kier molecular flexibility index (Phi) is 4.61. The summed E-state index contributed by atoms with van der Waals surface area (Å²) >= 11 is 0. The third kappa shape index (κ3) is 3.30. The van der Waals surface area contributed by atoms with Crippen molar-refractivity contribution in [1.29, 1.82) is 0 Å². The first-order valence-electron chi connectivity index (χ1n) is 8.50. The molecule has 5 heteroatoms. The lowest BCUT2D eigenvalue weighted by Gasteiger charge is -2.37. The number of carbonyl (C=O) groups is 1. The van der Waals surface area contributed by atoms with E-state index in [2.05, 4.69) is 42.8 Å². The van der Waals surface area contributed by atoms with E-state index in [4.69, 9.17) is 0 Å². The first-order chi connectivity index (χ1) is 11.5. The zero-order chi connectivity index (χ0) is 17.3. The molecule has 124 valence electrons. The molecule has 1 aromatic carbocycles. The number of hydrogen-bond donors (Lipinski definition) is 0. The van der Waals surface area contributed by atoms with Crippen molar-refractivity contribution in [2.24, 2.45) is 0 Å². The lowest BCUT2D eigenvalue weighted by molar-refractivity contribution is 0.0746. The van der Waals surface area contributed by atoms with Gasteiger partial charge in [0.05, 0.1) is 5.56 Å². The van der Waals surface area contributed by atoms with Gasteiger partial charge >= 0.3 is 0 Å². The van der Waals surface area contributed by atoms with Crippen LogP contribution in [0.3, 0.4) is 0 Å². The summed E-state index contributed by atoms with van der Waals surface area (Å²) in [6.45, 7) is 9.71. The summed E-state index contributed by atoms with van der Waals surface area (Å²) in [7, 11) is 1.93. The maximum Gasteiger partial charge on any atom is 0.255 e. The second-order valence-corrected chi connectivity index (χ2v) is 6.69. The molecule has 1 saturated heterocycles. The van der Waals surface area contributed by atoms with Crippen molar-refractivity contribution in [2.75, 3.05) is 31.1 Å². The molecule has 1 aliphatic heterocycles. The van der Waals surface area contributed by atoms with Gasteiger partial charge in [0.2, 0.25) is 0 Å². The number of aryl methyl sites for hydroxylation is 3. The molecule has 0 atom stereocenters. The predicted octanol–water partition coefficient (Wildman–Crippen LogP) is 1.23. The number of hydrogen-bond acceptors (Lipinski definition) is 3. The van der Waals surface area contributed by atoms with Crippen molar-refractivity contribution in [3.8, 4) is 0 Å². The number of amides is 1. The summed E-state index contributed by atoms with van der Waals surface area (Å²) in [4.78, 5) is 21.1. The molecule has 0 spiro atoms. The molecular formula is C19H24BN3O. The number of piperazine rings is 1. The number of pyridine rings is 1. The summed E-state index contributed by atoms with van der Waals surface area (Å²) in [6, 6.07) is 8.28. The molecule has 4 nitrogen and oxygen atoms in total. The molecule has 0 aliphatic carbocycles. The molecule has 0 N–H and O–H groups in total. The van der Waals surface area contributed by atoms with Gasteiger partial charge in [0, 0.05) is 38.1 Å². The average Bonchev–Trinajstić information content (AvgIpc) is 2.58. The van der Waals surface area contributed by atoms with Gasteiger partial charge in [-0.2, -0.15) is 0 Å². The van der Waals surface area contributed by atoms with Gasteiger partial charge in [-0.05, 0) is 55.2 Å². The first kappa shape index (κ1) is 16.6. The Bertz CT molecular complexity index is 750. The zero-order valence-corrected chi connectivity index (χ0v) is 15.0. The Balaban J connectivity index is 1.68. The van der Waals surface area contributed by atoms with Gasteiger partial charge in [-0.3, -0.25) is 9.78 Å². The molecule has 2 aromatic rings.